The van der Waals surface area contributed by atoms with Gasteiger partial charge in [-0.1, -0.05) is 18.7 Å². The third kappa shape index (κ3) is 2.78. The summed E-state index contributed by atoms with van der Waals surface area (Å²) in [7, 11) is 0. The van der Waals surface area contributed by atoms with Crippen LogP contribution in [-0.4, -0.2) is 10.6 Å². The first-order valence-corrected chi connectivity index (χ1v) is 4.90. The van der Waals surface area contributed by atoms with Gasteiger partial charge in [-0.25, -0.2) is 0 Å². The van der Waals surface area contributed by atoms with Gasteiger partial charge in [0, 0.05) is 23.4 Å². The first-order chi connectivity index (χ1) is 7.97. The Morgan fingerprint density at radius 3 is 2.76 bits per heavy atom. The van der Waals surface area contributed by atoms with Crippen molar-refractivity contribution in [2.24, 2.45) is 0 Å². The number of nitrogens with two attached hydrogens (primary N) is 1. The van der Waals surface area contributed by atoms with E-state index in [0.29, 0.717) is 16.8 Å². The van der Waals surface area contributed by atoms with Gasteiger partial charge in [0.15, 0.2) is 0 Å². The molecule has 0 saturated carbocycles. The number of benzene rings is 1. The first kappa shape index (κ1) is 12.6. The normalized spacial score (nSPS) is 11.0. The summed E-state index contributed by atoms with van der Waals surface area (Å²) in [5, 5.41) is 18.5. The molecule has 0 spiro atoms. The Hall–Kier alpha value is -2.43. The molecule has 5 nitrogen and oxygen atoms in total. The molecule has 5 heteroatoms. The molecule has 0 unspecified atom stereocenters. The molecule has 0 radical (unpaired) electrons. The van der Waals surface area contributed by atoms with Crippen LogP contribution in [-0.2, 0) is 0 Å². The number of nitrogens with zero attached hydrogens (tertiary/aromatic N) is 1. The number of nitrogen functional groups attached to an aromatic ring is 1. The molecule has 1 aromatic rings. The molecule has 0 aliphatic rings. The second kappa shape index (κ2) is 5.07. The van der Waals surface area contributed by atoms with Crippen molar-refractivity contribution in [3.05, 3.63) is 58.2 Å². The number of nitro benzene ring substituents is 1. The molecule has 0 atom stereocenters. The van der Waals surface area contributed by atoms with Crippen molar-refractivity contribution in [2.75, 3.05) is 5.73 Å². The lowest BCUT2D eigenvalue weighted by Gasteiger charge is -2.07. The molecular weight excluding hydrogens is 218 g/mol. The molecule has 0 fully saturated rings. The van der Waals surface area contributed by atoms with Gasteiger partial charge in [0.1, 0.15) is 0 Å². The Morgan fingerprint density at radius 2 is 2.24 bits per heavy atom. The maximum atomic E-state index is 10.6. The van der Waals surface area contributed by atoms with Gasteiger partial charge >= 0.3 is 0 Å². The van der Waals surface area contributed by atoms with Crippen LogP contribution in [0.1, 0.15) is 12.5 Å². The molecule has 3 N–H and O–H groups in total. The van der Waals surface area contributed by atoms with Crippen molar-refractivity contribution < 1.29 is 4.92 Å². The lowest BCUT2D eigenvalue weighted by atomic mass is 10.0. The number of anilines is 1. The molecule has 0 saturated heterocycles. The third-order valence-corrected chi connectivity index (χ3v) is 2.28. The molecule has 0 aliphatic carbocycles. The number of nitro groups is 1. The largest absolute Gasteiger partial charge is 0.398 e. The molecule has 1 aromatic carbocycles. The van der Waals surface area contributed by atoms with E-state index in [1.54, 1.807) is 19.1 Å². The van der Waals surface area contributed by atoms with E-state index < -0.39 is 4.92 Å². The average Bonchev–Trinajstić information content (AvgIpc) is 2.28. The standard InChI is InChI=1S/C12H13N3O2/c1-3-4-8(2)12(14)10-7-9(15(16)17)5-6-11(10)13/h3-7,14H,1,13H2,2H3/b8-4+,14-12?. The lowest BCUT2D eigenvalue weighted by Crippen LogP contribution is -2.06. The van der Waals surface area contributed by atoms with Crippen LogP contribution in [0.5, 0.6) is 0 Å². The molecular formula is C12H13N3O2. The number of nitrogens with one attached hydrogen (secondary N) is 1. The Bertz CT molecular complexity index is 518. The maximum Gasteiger partial charge on any atom is 0.270 e. The summed E-state index contributed by atoms with van der Waals surface area (Å²) in [4.78, 5) is 10.1. The van der Waals surface area contributed by atoms with E-state index in [4.69, 9.17) is 11.1 Å². The second-order valence-corrected chi connectivity index (χ2v) is 3.49. The Labute approximate surface area is 98.9 Å². The molecule has 1 rings (SSSR count). The summed E-state index contributed by atoms with van der Waals surface area (Å²) >= 11 is 0. The Balaban J connectivity index is 3.26. The van der Waals surface area contributed by atoms with Crippen LogP contribution in [0.4, 0.5) is 11.4 Å². The number of hydrogen-bond acceptors (Lipinski definition) is 4. The number of allylic oxidation sites excluding steroid dienone is 3. The highest BCUT2D eigenvalue weighted by Crippen LogP contribution is 2.22. The predicted molar refractivity (Wildman–Crippen MR) is 68.3 cm³/mol. The van der Waals surface area contributed by atoms with E-state index in [0.717, 1.165) is 0 Å². The van der Waals surface area contributed by atoms with Crippen molar-refractivity contribution >= 4 is 17.1 Å². The minimum atomic E-state index is -0.511. The van der Waals surface area contributed by atoms with Crippen molar-refractivity contribution in [1.29, 1.82) is 5.41 Å². The van der Waals surface area contributed by atoms with E-state index in [1.807, 2.05) is 0 Å². The average molecular weight is 231 g/mol. The number of hydrogen-bond donors (Lipinski definition) is 2. The smallest absolute Gasteiger partial charge is 0.270 e. The van der Waals surface area contributed by atoms with Crippen molar-refractivity contribution in [3.63, 3.8) is 0 Å². The van der Waals surface area contributed by atoms with Gasteiger partial charge in [-0.15, -0.1) is 0 Å². The van der Waals surface area contributed by atoms with E-state index >= 15 is 0 Å². The fourth-order valence-electron chi connectivity index (χ4n) is 1.35. The van der Waals surface area contributed by atoms with Crippen LogP contribution < -0.4 is 5.73 Å². The Kier molecular flexibility index (Phi) is 3.77. The van der Waals surface area contributed by atoms with Gasteiger partial charge in [-0.2, -0.15) is 0 Å². The van der Waals surface area contributed by atoms with Gasteiger partial charge < -0.3 is 5.73 Å². The van der Waals surface area contributed by atoms with Crippen LogP contribution in [0.15, 0.2) is 42.5 Å². The Morgan fingerprint density at radius 1 is 1.59 bits per heavy atom. The van der Waals surface area contributed by atoms with Crippen LogP contribution in [0.25, 0.3) is 0 Å². The summed E-state index contributed by atoms with van der Waals surface area (Å²) in [6.07, 6.45) is 3.21. The lowest BCUT2D eigenvalue weighted by molar-refractivity contribution is -0.384. The monoisotopic (exact) mass is 231 g/mol. The fraction of sp³-hybridized carbons (Fsp3) is 0.0833. The molecule has 0 amide bonds. The molecule has 0 aromatic heterocycles. The van der Waals surface area contributed by atoms with Gasteiger partial charge in [-0.3, -0.25) is 15.5 Å². The number of rotatable bonds is 4. The van der Waals surface area contributed by atoms with Crippen molar-refractivity contribution in [2.45, 2.75) is 6.92 Å². The van der Waals surface area contributed by atoms with E-state index in [1.165, 1.54) is 18.2 Å². The van der Waals surface area contributed by atoms with Gasteiger partial charge in [-0.05, 0) is 18.6 Å². The molecule has 88 valence electrons. The zero-order valence-corrected chi connectivity index (χ0v) is 9.43. The second-order valence-electron chi connectivity index (χ2n) is 3.49. The minimum Gasteiger partial charge on any atom is -0.398 e. The first-order valence-electron chi connectivity index (χ1n) is 4.90. The van der Waals surface area contributed by atoms with Crippen LogP contribution in [0, 0.1) is 15.5 Å². The summed E-state index contributed by atoms with van der Waals surface area (Å²) in [5.74, 6) is 0. The highest BCUT2D eigenvalue weighted by Gasteiger charge is 2.13. The SMILES string of the molecule is C=C/C=C(\C)C(=N)c1cc([N+](=O)[O-])ccc1N. The molecule has 0 aliphatic heterocycles. The quantitative estimate of drug-likeness (QED) is 0.274. The van der Waals surface area contributed by atoms with E-state index in [2.05, 4.69) is 6.58 Å². The van der Waals surface area contributed by atoms with Gasteiger partial charge in [0.2, 0.25) is 0 Å². The summed E-state index contributed by atoms with van der Waals surface area (Å²) < 4.78 is 0. The highest BCUT2D eigenvalue weighted by molar-refractivity contribution is 6.13. The van der Waals surface area contributed by atoms with Gasteiger partial charge in [0.05, 0.1) is 10.6 Å². The summed E-state index contributed by atoms with van der Waals surface area (Å²) in [6.45, 7) is 5.26. The van der Waals surface area contributed by atoms with Crippen LogP contribution in [0.3, 0.4) is 0 Å². The van der Waals surface area contributed by atoms with Crippen LogP contribution >= 0.6 is 0 Å². The van der Waals surface area contributed by atoms with E-state index in [-0.39, 0.29) is 11.4 Å². The zero-order chi connectivity index (χ0) is 13.0. The van der Waals surface area contributed by atoms with Crippen LogP contribution in [0.2, 0.25) is 0 Å². The predicted octanol–water partition coefficient (Wildman–Crippen LogP) is 2.68. The molecule has 17 heavy (non-hydrogen) atoms. The topological polar surface area (TPSA) is 93.0 Å². The molecule has 0 heterocycles. The van der Waals surface area contributed by atoms with Crippen molar-refractivity contribution in [3.8, 4) is 0 Å². The van der Waals surface area contributed by atoms with E-state index in [9.17, 15) is 10.1 Å². The maximum absolute atomic E-state index is 10.6. The van der Waals surface area contributed by atoms with Crippen molar-refractivity contribution in [1.82, 2.24) is 0 Å². The molecule has 0 bridgehead atoms. The fourth-order valence-corrected chi connectivity index (χ4v) is 1.35. The third-order valence-electron chi connectivity index (χ3n) is 2.28. The highest BCUT2D eigenvalue weighted by atomic mass is 16.6. The van der Waals surface area contributed by atoms with Gasteiger partial charge in [0.25, 0.3) is 5.69 Å². The zero-order valence-electron chi connectivity index (χ0n) is 9.43. The summed E-state index contributed by atoms with van der Waals surface area (Å²) in [6, 6.07) is 4.06. The number of non-ortho nitro benzene ring substituents is 1. The minimum absolute atomic E-state index is 0.0784. The summed E-state index contributed by atoms with van der Waals surface area (Å²) in [5.41, 5.74) is 7.13.